The van der Waals surface area contributed by atoms with Crippen LogP contribution in [0.5, 0.6) is 5.75 Å². The van der Waals surface area contributed by atoms with Crippen LogP contribution in [0.2, 0.25) is 0 Å². The molecule has 0 aromatic heterocycles. The van der Waals surface area contributed by atoms with E-state index in [1.165, 1.54) is 5.56 Å². The Balaban J connectivity index is 0.00000341. The molecular weight excluding hydrogens is 505 g/mol. The van der Waals surface area contributed by atoms with E-state index in [-0.39, 0.29) is 30.0 Å². The molecule has 0 amide bonds. The molecule has 3 atom stereocenters. The number of halogens is 1. The SMILES string of the molecule is CN=C(NCC(c1ccc(OC)cc1)N1CCOCC1)NC1CN(C(C)C)CC1C.I. The monoisotopic (exact) mass is 545 g/mol. The molecule has 3 rings (SSSR count). The Labute approximate surface area is 205 Å². The molecule has 1 aromatic rings. The third-order valence-corrected chi connectivity index (χ3v) is 6.37. The molecule has 8 heteroatoms. The van der Waals surface area contributed by atoms with Crippen molar-refractivity contribution in [3.8, 4) is 5.75 Å². The predicted octanol–water partition coefficient (Wildman–Crippen LogP) is 2.58. The van der Waals surface area contributed by atoms with Gasteiger partial charge in [0.25, 0.3) is 0 Å². The van der Waals surface area contributed by atoms with Crippen molar-refractivity contribution in [2.45, 2.75) is 38.9 Å². The van der Waals surface area contributed by atoms with Crippen LogP contribution >= 0.6 is 24.0 Å². The largest absolute Gasteiger partial charge is 0.497 e. The maximum atomic E-state index is 5.58. The minimum atomic E-state index is 0. The number of rotatable bonds is 7. The van der Waals surface area contributed by atoms with Crippen LogP contribution in [0.3, 0.4) is 0 Å². The molecule has 2 aliphatic rings. The fourth-order valence-corrected chi connectivity index (χ4v) is 4.35. The molecule has 0 spiro atoms. The molecule has 1 aromatic carbocycles. The molecule has 176 valence electrons. The zero-order chi connectivity index (χ0) is 21.5. The second-order valence-corrected chi connectivity index (χ2v) is 8.67. The van der Waals surface area contributed by atoms with E-state index in [2.05, 4.69) is 58.3 Å². The number of morpholine rings is 1. The molecule has 3 unspecified atom stereocenters. The van der Waals surface area contributed by atoms with Gasteiger partial charge in [-0.1, -0.05) is 19.1 Å². The van der Waals surface area contributed by atoms with Crippen molar-refractivity contribution >= 4 is 29.9 Å². The highest BCUT2D eigenvalue weighted by atomic mass is 127. The third-order valence-electron chi connectivity index (χ3n) is 6.37. The van der Waals surface area contributed by atoms with Crippen molar-refractivity contribution in [3.05, 3.63) is 29.8 Å². The Morgan fingerprint density at radius 2 is 1.84 bits per heavy atom. The smallest absolute Gasteiger partial charge is 0.191 e. The number of methoxy groups -OCH3 is 1. The van der Waals surface area contributed by atoms with Crippen LogP contribution in [-0.4, -0.2) is 87.9 Å². The van der Waals surface area contributed by atoms with Crippen molar-refractivity contribution in [3.63, 3.8) is 0 Å². The summed E-state index contributed by atoms with van der Waals surface area (Å²) in [6.45, 7) is 13.3. The summed E-state index contributed by atoms with van der Waals surface area (Å²) in [5, 5.41) is 7.25. The molecule has 2 heterocycles. The summed E-state index contributed by atoms with van der Waals surface area (Å²) in [5.74, 6) is 2.36. The minimum absolute atomic E-state index is 0. The lowest BCUT2D eigenvalue weighted by atomic mass is 10.0. The highest BCUT2D eigenvalue weighted by Gasteiger charge is 2.31. The lowest BCUT2D eigenvalue weighted by Gasteiger charge is -2.35. The van der Waals surface area contributed by atoms with E-state index in [1.807, 2.05) is 19.2 Å². The summed E-state index contributed by atoms with van der Waals surface area (Å²) in [5.41, 5.74) is 1.28. The number of aliphatic imine (C=N–C) groups is 1. The van der Waals surface area contributed by atoms with E-state index in [0.717, 1.165) is 57.6 Å². The number of nitrogens with one attached hydrogen (secondary N) is 2. The lowest BCUT2D eigenvalue weighted by Crippen LogP contribution is -2.50. The summed E-state index contributed by atoms with van der Waals surface area (Å²) < 4.78 is 10.9. The average molecular weight is 546 g/mol. The van der Waals surface area contributed by atoms with E-state index in [1.54, 1.807) is 7.11 Å². The van der Waals surface area contributed by atoms with Gasteiger partial charge in [-0.3, -0.25) is 14.8 Å². The van der Waals surface area contributed by atoms with Gasteiger partial charge < -0.3 is 20.1 Å². The van der Waals surface area contributed by atoms with Crippen molar-refractivity contribution in [1.82, 2.24) is 20.4 Å². The Hall–Kier alpha value is -1.10. The van der Waals surface area contributed by atoms with Crippen LogP contribution in [-0.2, 0) is 4.74 Å². The van der Waals surface area contributed by atoms with E-state index in [9.17, 15) is 0 Å². The van der Waals surface area contributed by atoms with Gasteiger partial charge in [0, 0.05) is 51.9 Å². The van der Waals surface area contributed by atoms with Gasteiger partial charge in [0.1, 0.15) is 5.75 Å². The highest BCUT2D eigenvalue weighted by molar-refractivity contribution is 14.0. The van der Waals surface area contributed by atoms with Crippen molar-refractivity contribution < 1.29 is 9.47 Å². The zero-order valence-corrected chi connectivity index (χ0v) is 22.0. The molecule has 2 fully saturated rings. The first-order chi connectivity index (χ1) is 14.5. The number of hydrogen-bond acceptors (Lipinski definition) is 5. The average Bonchev–Trinajstić information content (AvgIpc) is 3.14. The minimum Gasteiger partial charge on any atom is -0.497 e. The summed E-state index contributed by atoms with van der Waals surface area (Å²) in [4.78, 5) is 9.53. The topological polar surface area (TPSA) is 61.4 Å². The Kier molecular flexibility index (Phi) is 10.8. The molecule has 7 nitrogen and oxygen atoms in total. The van der Waals surface area contributed by atoms with Gasteiger partial charge in [0.05, 0.1) is 26.4 Å². The van der Waals surface area contributed by atoms with Gasteiger partial charge in [0.15, 0.2) is 5.96 Å². The van der Waals surface area contributed by atoms with Gasteiger partial charge in [-0.15, -0.1) is 24.0 Å². The maximum absolute atomic E-state index is 5.58. The first-order valence-corrected chi connectivity index (χ1v) is 11.2. The number of hydrogen-bond donors (Lipinski definition) is 2. The number of benzene rings is 1. The standard InChI is InChI=1S/C23H39N5O2.HI/c1-17(2)28-15-18(3)21(16-28)26-23(24-4)25-14-22(27-10-12-30-13-11-27)19-6-8-20(29-5)9-7-19;/h6-9,17-18,21-22H,10-16H2,1-5H3,(H2,24,25,26);1H. The summed E-state index contributed by atoms with van der Waals surface area (Å²) in [6, 6.07) is 9.66. The molecule has 0 saturated carbocycles. The fraction of sp³-hybridized carbons (Fsp3) is 0.696. The van der Waals surface area contributed by atoms with Crippen LogP contribution in [0.4, 0.5) is 0 Å². The Bertz CT molecular complexity index is 679. The van der Waals surface area contributed by atoms with Crippen LogP contribution < -0.4 is 15.4 Å². The first-order valence-electron chi connectivity index (χ1n) is 11.2. The van der Waals surface area contributed by atoms with Crippen molar-refractivity contribution in [2.24, 2.45) is 10.9 Å². The van der Waals surface area contributed by atoms with Crippen LogP contribution in [0.25, 0.3) is 0 Å². The molecular formula is C23H40IN5O2. The van der Waals surface area contributed by atoms with Crippen molar-refractivity contribution in [2.75, 3.05) is 60.1 Å². The predicted molar refractivity (Wildman–Crippen MR) is 138 cm³/mol. The van der Waals surface area contributed by atoms with E-state index in [0.29, 0.717) is 18.0 Å². The van der Waals surface area contributed by atoms with E-state index in [4.69, 9.17) is 9.47 Å². The fourth-order valence-electron chi connectivity index (χ4n) is 4.35. The molecule has 31 heavy (non-hydrogen) atoms. The molecule has 2 aliphatic heterocycles. The van der Waals surface area contributed by atoms with Gasteiger partial charge in [-0.05, 0) is 37.5 Å². The Morgan fingerprint density at radius 3 is 2.39 bits per heavy atom. The lowest BCUT2D eigenvalue weighted by molar-refractivity contribution is 0.0170. The normalized spacial score (nSPS) is 24.0. The molecule has 0 aliphatic carbocycles. The summed E-state index contributed by atoms with van der Waals surface area (Å²) in [7, 11) is 3.56. The maximum Gasteiger partial charge on any atom is 0.191 e. The van der Waals surface area contributed by atoms with Gasteiger partial charge in [0.2, 0.25) is 0 Å². The Morgan fingerprint density at radius 1 is 1.16 bits per heavy atom. The van der Waals surface area contributed by atoms with Crippen LogP contribution in [0.15, 0.2) is 29.3 Å². The quantitative estimate of drug-likeness (QED) is 0.312. The number of likely N-dealkylation sites (tertiary alicyclic amines) is 1. The molecule has 2 saturated heterocycles. The van der Waals surface area contributed by atoms with Crippen molar-refractivity contribution in [1.29, 1.82) is 0 Å². The number of ether oxygens (including phenoxy) is 2. The van der Waals surface area contributed by atoms with E-state index < -0.39 is 0 Å². The molecule has 2 N–H and O–H groups in total. The first kappa shape index (κ1) is 26.2. The van der Waals surface area contributed by atoms with Gasteiger partial charge in [-0.2, -0.15) is 0 Å². The second-order valence-electron chi connectivity index (χ2n) is 8.67. The number of guanidine groups is 1. The van der Waals surface area contributed by atoms with Gasteiger partial charge in [-0.25, -0.2) is 0 Å². The van der Waals surface area contributed by atoms with Crippen LogP contribution in [0, 0.1) is 5.92 Å². The molecule has 0 bridgehead atoms. The van der Waals surface area contributed by atoms with Crippen LogP contribution in [0.1, 0.15) is 32.4 Å². The zero-order valence-electron chi connectivity index (χ0n) is 19.6. The molecule has 0 radical (unpaired) electrons. The van der Waals surface area contributed by atoms with Gasteiger partial charge >= 0.3 is 0 Å². The van der Waals surface area contributed by atoms with E-state index >= 15 is 0 Å². The third kappa shape index (κ3) is 7.20. The summed E-state index contributed by atoms with van der Waals surface area (Å²) >= 11 is 0. The summed E-state index contributed by atoms with van der Waals surface area (Å²) in [6.07, 6.45) is 0. The second kappa shape index (κ2) is 12.8. The number of nitrogens with zero attached hydrogens (tertiary/aromatic N) is 3. The highest BCUT2D eigenvalue weighted by Crippen LogP contribution is 2.24.